The third-order valence-corrected chi connectivity index (χ3v) is 6.69. The molecule has 0 aliphatic heterocycles. The molecule has 1 atom stereocenters. The van der Waals surface area contributed by atoms with Gasteiger partial charge in [0.25, 0.3) is 0 Å². The van der Waals surface area contributed by atoms with E-state index in [4.69, 9.17) is 17.0 Å². The Morgan fingerprint density at radius 3 is 2.49 bits per heavy atom. The zero-order valence-electron chi connectivity index (χ0n) is 19.6. The first-order valence-electron chi connectivity index (χ1n) is 10.9. The number of anilines is 3. The molecule has 35 heavy (non-hydrogen) atoms. The third kappa shape index (κ3) is 7.21. The van der Waals surface area contributed by atoms with Crippen LogP contribution in [0.3, 0.4) is 0 Å². The van der Waals surface area contributed by atoms with Gasteiger partial charge in [-0.15, -0.1) is 11.8 Å². The highest BCUT2D eigenvalue weighted by molar-refractivity contribution is 8.00. The molecule has 182 valence electrons. The zero-order valence-corrected chi connectivity index (χ0v) is 21.3. The fourth-order valence-electron chi connectivity index (χ4n) is 3.27. The largest absolute Gasteiger partial charge is 0.495 e. The quantitative estimate of drug-likeness (QED) is 0.205. The summed E-state index contributed by atoms with van der Waals surface area (Å²) in [5.41, 5.74) is 2.95. The third-order valence-electron chi connectivity index (χ3n) is 5.13. The molecule has 7 nitrogen and oxygen atoms in total. The Morgan fingerprint density at radius 1 is 1.00 bits per heavy atom. The molecule has 0 bridgehead atoms. The second kappa shape index (κ2) is 12.2. The predicted molar refractivity (Wildman–Crippen MR) is 146 cm³/mol. The lowest BCUT2D eigenvalue weighted by Gasteiger charge is -2.17. The van der Waals surface area contributed by atoms with Gasteiger partial charge in [0.1, 0.15) is 5.75 Å². The Labute approximate surface area is 214 Å². The number of nitrogens with one attached hydrogen (secondary N) is 3. The second-order valence-electron chi connectivity index (χ2n) is 7.65. The summed E-state index contributed by atoms with van der Waals surface area (Å²) in [7, 11) is 1.60. The molecular weight excluding hydrogens is 482 g/mol. The lowest BCUT2D eigenvalue weighted by molar-refractivity contribution is -0.115. The van der Waals surface area contributed by atoms with Crippen molar-refractivity contribution in [2.45, 2.75) is 30.4 Å². The topological polar surface area (TPSA) is 99.7 Å². The van der Waals surface area contributed by atoms with Gasteiger partial charge in [0.15, 0.2) is 5.11 Å². The van der Waals surface area contributed by atoms with Crippen LogP contribution in [0.1, 0.15) is 29.3 Å². The highest BCUT2D eigenvalue weighted by atomic mass is 32.2. The van der Waals surface area contributed by atoms with Crippen LogP contribution >= 0.6 is 24.0 Å². The number of carboxylic acids is 1. The first-order chi connectivity index (χ1) is 16.8. The van der Waals surface area contributed by atoms with E-state index in [1.54, 1.807) is 13.2 Å². The average Bonchev–Trinajstić information content (AvgIpc) is 2.84. The van der Waals surface area contributed by atoms with Gasteiger partial charge < -0.3 is 25.8 Å². The van der Waals surface area contributed by atoms with Crippen LogP contribution in [0.25, 0.3) is 0 Å². The van der Waals surface area contributed by atoms with Crippen molar-refractivity contribution in [1.29, 1.82) is 0 Å². The Morgan fingerprint density at radius 2 is 1.77 bits per heavy atom. The number of aryl methyl sites for hydroxylation is 1. The number of methoxy groups -OCH3 is 1. The number of thiocarbonyl (C=S) groups is 1. The summed E-state index contributed by atoms with van der Waals surface area (Å²) in [6.45, 7) is 3.76. The molecule has 4 N–H and O–H groups in total. The van der Waals surface area contributed by atoms with Gasteiger partial charge in [0.05, 0.1) is 23.6 Å². The molecule has 3 rings (SSSR count). The number of carbonyl (C=O) groups is 2. The van der Waals surface area contributed by atoms with Gasteiger partial charge in [0.2, 0.25) is 5.91 Å². The van der Waals surface area contributed by atoms with Crippen molar-refractivity contribution < 1.29 is 19.4 Å². The number of ether oxygens (including phenoxy) is 1. The highest BCUT2D eigenvalue weighted by Gasteiger charge is 2.19. The molecule has 0 spiro atoms. The van der Waals surface area contributed by atoms with E-state index < -0.39 is 5.97 Å². The van der Waals surface area contributed by atoms with Crippen LogP contribution in [0, 0.1) is 6.92 Å². The van der Waals surface area contributed by atoms with E-state index >= 15 is 0 Å². The number of carboxylic acid groups (broad SMARTS) is 1. The van der Waals surface area contributed by atoms with Crippen molar-refractivity contribution in [3.05, 3.63) is 77.9 Å². The fourth-order valence-corrected chi connectivity index (χ4v) is 4.51. The van der Waals surface area contributed by atoms with E-state index in [0.29, 0.717) is 23.0 Å². The predicted octanol–water partition coefficient (Wildman–Crippen LogP) is 6.02. The number of benzene rings is 3. The Bertz CT molecular complexity index is 1230. The van der Waals surface area contributed by atoms with Crippen molar-refractivity contribution in [1.82, 2.24) is 0 Å². The molecule has 0 saturated carbocycles. The lowest BCUT2D eigenvalue weighted by atomic mass is 10.1. The van der Waals surface area contributed by atoms with E-state index in [0.717, 1.165) is 21.8 Å². The molecule has 0 saturated heterocycles. The number of para-hydroxylation sites is 2. The highest BCUT2D eigenvalue weighted by Crippen LogP contribution is 2.29. The summed E-state index contributed by atoms with van der Waals surface area (Å²) in [5.74, 6) is -0.541. The number of amides is 1. The summed E-state index contributed by atoms with van der Waals surface area (Å²) < 4.78 is 5.34. The molecule has 3 aromatic rings. The van der Waals surface area contributed by atoms with E-state index in [9.17, 15) is 14.7 Å². The van der Waals surface area contributed by atoms with Crippen LogP contribution in [-0.2, 0) is 4.79 Å². The SMILES string of the molecule is CCC(Sc1cccc(NC(=S)Nc2ccccc2OC)c1)C(=O)Nc1cc(C(=O)O)ccc1C. The fraction of sp³-hybridized carbons (Fsp3) is 0.192. The first kappa shape index (κ1) is 26.1. The van der Waals surface area contributed by atoms with Gasteiger partial charge >= 0.3 is 5.97 Å². The number of hydrogen-bond donors (Lipinski definition) is 4. The standard InChI is InChI=1S/C26H27N3O4S2/c1-4-23(24(30)28-21-14-17(25(31)32)13-12-16(21)2)35-19-9-7-8-18(15-19)27-26(34)29-20-10-5-6-11-22(20)33-3/h5-15,23H,4H2,1-3H3,(H,28,30)(H,31,32)(H2,27,29,34). The van der Waals surface area contributed by atoms with E-state index in [1.807, 2.05) is 62.4 Å². The average molecular weight is 510 g/mol. The van der Waals surface area contributed by atoms with Gasteiger partial charge in [-0.25, -0.2) is 4.79 Å². The Hall–Kier alpha value is -3.56. The summed E-state index contributed by atoms with van der Waals surface area (Å²) in [6.07, 6.45) is 0.597. The van der Waals surface area contributed by atoms with Crippen molar-refractivity contribution in [2.75, 3.05) is 23.1 Å². The van der Waals surface area contributed by atoms with Crippen LogP contribution < -0.4 is 20.7 Å². The van der Waals surface area contributed by atoms with Crippen molar-refractivity contribution in [3.63, 3.8) is 0 Å². The van der Waals surface area contributed by atoms with Gasteiger partial charge in [0, 0.05) is 16.3 Å². The smallest absolute Gasteiger partial charge is 0.335 e. The maximum Gasteiger partial charge on any atom is 0.335 e. The summed E-state index contributed by atoms with van der Waals surface area (Å²) >= 11 is 6.88. The molecule has 0 aliphatic rings. The number of carbonyl (C=O) groups excluding carboxylic acids is 1. The van der Waals surface area contributed by atoms with Gasteiger partial charge in [-0.2, -0.15) is 0 Å². The molecule has 1 amide bonds. The van der Waals surface area contributed by atoms with Gasteiger partial charge in [-0.1, -0.05) is 31.2 Å². The molecule has 1 unspecified atom stereocenters. The van der Waals surface area contributed by atoms with Crippen molar-refractivity contribution in [3.8, 4) is 5.75 Å². The van der Waals surface area contributed by atoms with Crippen LogP contribution in [-0.4, -0.2) is 34.5 Å². The molecule has 0 aromatic heterocycles. The van der Waals surface area contributed by atoms with Crippen molar-refractivity contribution >= 4 is 58.0 Å². The maximum absolute atomic E-state index is 13.0. The number of thioether (sulfide) groups is 1. The summed E-state index contributed by atoms with van der Waals surface area (Å²) in [4.78, 5) is 25.1. The van der Waals surface area contributed by atoms with E-state index in [-0.39, 0.29) is 16.7 Å². The molecular formula is C26H27N3O4S2. The monoisotopic (exact) mass is 509 g/mol. The Balaban J connectivity index is 1.66. The molecule has 0 aliphatic carbocycles. The normalized spacial score (nSPS) is 11.3. The molecule has 0 heterocycles. The molecule has 9 heteroatoms. The van der Waals surface area contributed by atoms with Crippen molar-refractivity contribution in [2.24, 2.45) is 0 Å². The molecule has 0 fully saturated rings. The summed E-state index contributed by atoms with van der Waals surface area (Å²) in [5, 5.41) is 18.5. The number of hydrogen-bond acceptors (Lipinski definition) is 5. The van der Waals surface area contributed by atoms with Gasteiger partial charge in [-0.3, -0.25) is 4.79 Å². The minimum Gasteiger partial charge on any atom is -0.495 e. The summed E-state index contributed by atoms with van der Waals surface area (Å²) in [6, 6.07) is 19.8. The molecule has 0 radical (unpaired) electrons. The number of rotatable bonds is 9. The lowest BCUT2D eigenvalue weighted by Crippen LogP contribution is -2.25. The Kier molecular flexibility index (Phi) is 9.11. The first-order valence-corrected chi connectivity index (χ1v) is 12.2. The number of aromatic carboxylic acids is 1. The van der Waals surface area contributed by atoms with Crippen LogP contribution in [0.4, 0.5) is 17.1 Å². The van der Waals surface area contributed by atoms with Crippen LogP contribution in [0.5, 0.6) is 5.75 Å². The molecule has 3 aromatic carbocycles. The maximum atomic E-state index is 13.0. The van der Waals surface area contributed by atoms with Gasteiger partial charge in [-0.05, 0) is 73.6 Å². The van der Waals surface area contributed by atoms with Crippen LogP contribution in [0.15, 0.2) is 71.6 Å². The van der Waals surface area contributed by atoms with E-state index in [2.05, 4.69) is 16.0 Å². The minimum atomic E-state index is -1.04. The van der Waals surface area contributed by atoms with Crippen LogP contribution in [0.2, 0.25) is 0 Å². The van der Waals surface area contributed by atoms with E-state index in [1.165, 1.54) is 23.9 Å². The second-order valence-corrected chi connectivity index (χ2v) is 9.33. The zero-order chi connectivity index (χ0) is 25.4. The minimum absolute atomic E-state index is 0.128.